The summed E-state index contributed by atoms with van der Waals surface area (Å²) in [6.07, 6.45) is -1.56. The molecule has 0 bridgehead atoms. The first-order chi connectivity index (χ1) is 12.8. The summed E-state index contributed by atoms with van der Waals surface area (Å²) in [7, 11) is 1.97. The molecule has 0 N–H and O–H groups in total. The zero-order valence-electron chi connectivity index (χ0n) is 14.9. The molecule has 0 aliphatic carbocycles. The molecule has 0 saturated carbocycles. The van der Waals surface area contributed by atoms with E-state index in [2.05, 4.69) is 26.6 Å². The third-order valence-electron chi connectivity index (χ3n) is 4.31. The summed E-state index contributed by atoms with van der Waals surface area (Å²) >= 11 is 0. The number of hydrogen-bond acceptors (Lipinski definition) is 4. The van der Waals surface area contributed by atoms with Crippen LogP contribution < -0.4 is 4.74 Å². The lowest BCUT2D eigenvalue weighted by molar-refractivity contribution is -0.274. The number of alkyl halides is 3. The molecule has 2 aromatic carbocycles. The van der Waals surface area contributed by atoms with Gasteiger partial charge in [-0.05, 0) is 49.4 Å². The fraction of sp³-hybridized carbons (Fsp3) is 0.263. The summed E-state index contributed by atoms with van der Waals surface area (Å²) in [5, 5.41) is 4.10. The lowest BCUT2D eigenvalue weighted by atomic mass is 10.1. The van der Waals surface area contributed by atoms with Crippen LogP contribution in [0.15, 0.2) is 61.2 Å². The maximum Gasteiger partial charge on any atom is 0.573 e. The summed E-state index contributed by atoms with van der Waals surface area (Å²) in [6.45, 7) is 2.67. The predicted molar refractivity (Wildman–Crippen MR) is 94.4 cm³/mol. The Labute approximate surface area is 155 Å². The number of rotatable bonds is 6. The van der Waals surface area contributed by atoms with E-state index in [0.717, 1.165) is 16.8 Å². The Hall–Kier alpha value is -2.87. The maximum atomic E-state index is 12.2. The summed E-state index contributed by atoms with van der Waals surface area (Å²) < 4.78 is 42.3. The molecule has 1 aromatic heterocycles. The number of nitrogens with zero attached hydrogens (tertiary/aromatic N) is 4. The van der Waals surface area contributed by atoms with E-state index >= 15 is 0 Å². The number of benzene rings is 2. The number of hydrogen-bond donors (Lipinski definition) is 0. The highest BCUT2D eigenvalue weighted by atomic mass is 19.4. The topological polar surface area (TPSA) is 43.2 Å². The van der Waals surface area contributed by atoms with Crippen molar-refractivity contribution in [1.82, 2.24) is 19.7 Å². The Morgan fingerprint density at radius 3 is 2.30 bits per heavy atom. The molecular formula is C19H19F3N4O. The highest BCUT2D eigenvalue weighted by Crippen LogP contribution is 2.25. The van der Waals surface area contributed by atoms with E-state index in [1.165, 1.54) is 18.5 Å². The van der Waals surface area contributed by atoms with Gasteiger partial charge in [0.25, 0.3) is 0 Å². The third-order valence-corrected chi connectivity index (χ3v) is 4.31. The Bertz CT molecular complexity index is 846. The molecule has 1 atom stereocenters. The van der Waals surface area contributed by atoms with Crippen molar-refractivity contribution in [3.05, 3.63) is 72.3 Å². The van der Waals surface area contributed by atoms with E-state index in [0.29, 0.717) is 6.54 Å². The Morgan fingerprint density at radius 1 is 1.07 bits per heavy atom. The maximum absolute atomic E-state index is 12.2. The lowest BCUT2D eigenvalue weighted by Crippen LogP contribution is -2.22. The molecule has 8 heteroatoms. The van der Waals surface area contributed by atoms with E-state index in [1.807, 2.05) is 31.3 Å². The van der Waals surface area contributed by atoms with Crippen LogP contribution in [0.3, 0.4) is 0 Å². The highest BCUT2D eigenvalue weighted by Gasteiger charge is 2.30. The minimum absolute atomic E-state index is 0.126. The number of aromatic nitrogens is 3. The van der Waals surface area contributed by atoms with Crippen molar-refractivity contribution < 1.29 is 17.9 Å². The van der Waals surface area contributed by atoms with Gasteiger partial charge in [0.1, 0.15) is 18.4 Å². The van der Waals surface area contributed by atoms with E-state index in [-0.39, 0.29) is 11.8 Å². The molecule has 3 rings (SSSR count). The van der Waals surface area contributed by atoms with E-state index in [1.54, 1.807) is 23.1 Å². The van der Waals surface area contributed by atoms with Crippen molar-refractivity contribution >= 4 is 0 Å². The van der Waals surface area contributed by atoms with Gasteiger partial charge in [-0.3, -0.25) is 4.90 Å². The fourth-order valence-electron chi connectivity index (χ4n) is 2.72. The highest BCUT2D eigenvalue weighted by molar-refractivity contribution is 5.34. The Kier molecular flexibility index (Phi) is 5.46. The molecule has 0 spiro atoms. The van der Waals surface area contributed by atoms with Crippen LogP contribution in [0.4, 0.5) is 13.2 Å². The summed E-state index contributed by atoms with van der Waals surface area (Å²) in [5.41, 5.74) is 2.95. The van der Waals surface area contributed by atoms with Gasteiger partial charge in [-0.25, -0.2) is 9.67 Å². The van der Waals surface area contributed by atoms with E-state index in [9.17, 15) is 13.2 Å². The zero-order valence-corrected chi connectivity index (χ0v) is 14.9. The lowest BCUT2D eigenvalue weighted by Gasteiger charge is -2.25. The molecule has 1 unspecified atom stereocenters. The van der Waals surface area contributed by atoms with Crippen molar-refractivity contribution in [3.8, 4) is 11.4 Å². The first kappa shape index (κ1) is 18.9. The van der Waals surface area contributed by atoms with E-state index in [4.69, 9.17) is 0 Å². The van der Waals surface area contributed by atoms with Gasteiger partial charge in [-0.15, -0.1) is 13.2 Å². The first-order valence-electron chi connectivity index (χ1n) is 8.32. The molecule has 5 nitrogen and oxygen atoms in total. The van der Waals surface area contributed by atoms with Crippen LogP contribution in [-0.4, -0.2) is 33.1 Å². The molecule has 0 aliphatic rings. The molecule has 0 amide bonds. The average molecular weight is 376 g/mol. The molecule has 3 aromatic rings. The van der Waals surface area contributed by atoms with Gasteiger partial charge in [-0.1, -0.05) is 24.3 Å². The number of ether oxygens (including phenoxy) is 1. The molecule has 0 saturated heterocycles. The molecule has 142 valence electrons. The van der Waals surface area contributed by atoms with Crippen molar-refractivity contribution in [2.45, 2.75) is 25.9 Å². The molecule has 1 heterocycles. The van der Waals surface area contributed by atoms with Crippen molar-refractivity contribution in [2.75, 3.05) is 7.05 Å². The molecule has 0 fully saturated rings. The van der Waals surface area contributed by atoms with Crippen LogP contribution in [0.2, 0.25) is 0 Å². The Morgan fingerprint density at radius 2 is 1.74 bits per heavy atom. The molecule has 0 radical (unpaired) electrons. The second-order valence-corrected chi connectivity index (χ2v) is 6.21. The van der Waals surface area contributed by atoms with Gasteiger partial charge < -0.3 is 4.74 Å². The zero-order chi connectivity index (χ0) is 19.4. The van der Waals surface area contributed by atoms with Gasteiger partial charge >= 0.3 is 6.36 Å². The van der Waals surface area contributed by atoms with Crippen LogP contribution in [0.25, 0.3) is 5.69 Å². The first-order valence-corrected chi connectivity index (χ1v) is 8.32. The molecule has 0 aliphatic heterocycles. The van der Waals surface area contributed by atoms with Gasteiger partial charge in [0.05, 0.1) is 5.69 Å². The third kappa shape index (κ3) is 5.07. The van der Waals surface area contributed by atoms with Crippen LogP contribution >= 0.6 is 0 Å². The average Bonchev–Trinajstić information content (AvgIpc) is 3.16. The SMILES string of the molecule is CC(c1ccc(-n2cncn2)cc1)N(C)Cc1ccc(OC(F)(F)F)cc1. The number of halogens is 3. The Balaban J connectivity index is 1.62. The monoisotopic (exact) mass is 376 g/mol. The van der Waals surface area contributed by atoms with E-state index < -0.39 is 6.36 Å². The fourth-order valence-corrected chi connectivity index (χ4v) is 2.72. The van der Waals surface area contributed by atoms with Crippen molar-refractivity contribution in [2.24, 2.45) is 0 Å². The minimum Gasteiger partial charge on any atom is -0.406 e. The summed E-state index contributed by atoms with van der Waals surface area (Å²) in [6, 6.07) is 14.0. The smallest absolute Gasteiger partial charge is 0.406 e. The van der Waals surface area contributed by atoms with Crippen LogP contribution in [0.5, 0.6) is 5.75 Å². The van der Waals surface area contributed by atoms with Gasteiger partial charge in [0, 0.05) is 12.6 Å². The van der Waals surface area contributed by atoms with Crippen molar-refractivity contribution in [3.63, 3.8) is 0 Å². The van der Waals surface area contributed by atoms with Gasteiger partial charge in [0.15, 0.2) is 0 Å². The minimum atomic E-state index is -4.68. The second kappa shape index (κ2) is 7.79. The standard InChI is InChI=1S/C19H19F3N4O/c1-14(16-5-7-17(8-6-16)26-13-23-12-24-26)25(2)11-15-3-9-18(10-4-15)27-19(20,21)22/h3-10,12-14H,11H2,1-2H3. The van der Waals surface area contributed by atoms with Crippen LogP contribution in [0, 0.1) is 0 Å². The molecular weight excluding hydrogens is 357 g/mol. The quantitative estimate of drug-likeness (QED) is 0.641. The second-order valence-electron chi connectivity index (χ2n) is 6.21. The van der Waals surface area contributed by atoms with Gasteiger partial charge in [-0.2, -0.15) is 5.10 Å². The summed E-state index contributed by atoms with van der Waals surface area (Å²) in [5.74, 6) is -0.217. The van der Waals surface area contributed by atoms with Crippen molar-refractivity contribution in [1.29, 1.82) is 0 Å². The summed E-state index contributed by atoms with van der Waals surface area (Å²) in [4.78, 5) is 6.04. The normalized spacial score (nSPS) is 13.0. The predicted octanol–water partition coefficient (Wildman–Crippen LogP) is 4.36. The largest absolute Gasteiger partial charge is 0.573 e. The van der Waals surface area contributed by atoms with Crippen LogP contribution in [0.1, 0.15) is 24.1 Å². The molecule has 27 heavy (non-hydrogen) atoms. The van der Waals surface area contributed by atoms with Crippen LogP contribution in [-0.2, 0) is 6.54 Å². The van der Waals surface area contributed by atoms with Gasteiger partial charge in [0.2, 0.25) is 0 Å².